The quantitative estimate of drug-likeness (QED) is 0.922. The van der Waals surface area contributed by atoms with Crippen molar-refractivity contribution in [2.75, 3.05) is 6.54 Å². The molecule has 2 bridgehead atoms. The van der Waals surface area contributed by atoms with Gasteiger partial charge in [-0.1, -0.05) is 31.0 Å². The first-order valence-corrected chi connectivity index (χ1v) is 8.80. The van der Waals surface area contributed by atoms with Crippen molar-refractivity contribution in [2.45, 2.75) is 70.5 Å². The molecule has 2 aliphatic rings. The summed E-state index contributed by atoms with van der Waals surface area (Å²) in [5.41, 5.74) is 1.93. The van der Waals surface area contributed by atoms with E-state index in [0.717, 1.165) is 24.0 Å². The number of carbonyl (C=O) groups excluding carboxylic acids is 1. The third-order valence-electron chi connectivity index (χ3n) is 5.22. The number of nitrogens with one attached hydrogen (secondary N) is 1. The van der Waals surface area contributed by atoms with E-state index in [0.29, 0.717) is 18.1 Å². The van der Waals surface area contributed by atoms with Gasteiger partial charge in [0.05, 0.1) is 0 Å². The summed E-state index contributed by atoms with van der Waals surface area (Å²) in [6.07, 6.45) is 7.42. The van der Waals surface area contributed by atoms with Gasteiger partial charge >= 0.3 is 0 Å². The standard InChI is InChI=1S/C19H28N2O/c1-3-10-21-17-8-5-9-18(21)13-16(12-17)20-19(22)15-7-4-6-14(2)11-15/h4,6-7,11,16-18H,3,5,8-10,12-13H2,1-2H3,(H,20,22). The largest absolute Gasteiger partial charge is 0.349 e. The van der Waals surface area contributed by atoms with E-state index in [4.69, 9.17) is 0 Å². The zero-order chi connectivity index (χ0) is 15.5. The van der Waals surface area contributed by atoms with Gasteiger partial charge in [0.2, 0.25) is 0 Å². The Hall–Kier alpha value is -1.35. The molecule has 1 amide bonds. The SMILES string of the molecule is CCCN1C2CCCC1CC(NC(=O)c1cccc(C)c1)C2. The van der Waals surface area contributed by atoms with Crippen LogP contribution >= 0.6 is 0 Å². The lowest BCUT2D eigenvalue weighted by Crippen LogP contribution is -2.57. The van der Waals surface area contributed by atoms with Crippen molar-refractivity contribution in [2.24, 2.45) is 0 Å². The van der Waals surface area contributed by atoms with Gasteiger partial charge < -0.3 is 5.32 Å². The van der Waals surface area contributed by atoms with Crippen molar-refractivity contribution in [3.8, 4) is 0 Å². The topological polar surface area (TPSA) is 32.3 Å². The second-order valence-corrected chi connectivity index (χ2v) is 6.99. The van der Waals surface area contributed by atoms with E-state index >= 15 is 0 Å². The fraction of sp³-hybridized carbons (Fsp3) is 0.632. The Morgan fingerprint density at radius 3 is 2.64 bits per heavy atom. The average molecular weight is 300 g/mol. The van der Waals surface area contributed by atoms with Crippen LogP contribution in [0.5, 0.6) is 0 Å². The number of amides is 1. The molecule has 0 radical (unpaired) electrons. The zero-order valence-corrected chi connectivity index (χ0v) is 13.8. The third kappa shape index (κ3) is 3.35. The van der Waals surface area contributed by atoms with Gasteiger partial charge in [-0.3, -0.25) is 9.69 Å². The Morgan fingerprint density at radius 2 is 2.00 bits per heavy atom. The van der Waals surface area contributed by atoms with Gasteiger partial charge in [0.1, 0.15) is 0 Å². The van der Waals surface area contributed by atoms with Crippen molar-refractivity contribution in [3.05, 3.63) is 35.4 Å². The summed E-state index contributed by atoms with van der Waals surface area (Å²) < 4.78 is 0. The highest BCUT2D eigenvalue weighted by molar-refractivity contribution is 5.94. The van der Waals surface area contributed by atoms with Crippen LogP contribution in [0, 0.1) is 6.92 Å². The minimum absolute atomic E-state index is 0.0933. The maximum atomic E-state index is 12.5. The normalized spacial score (nSPS) is 28.4. The second kappa shape index (κ2) is 6.82. The first-order chi connectivity index (χ1) is 10.7. The van der Waals surface area contributed by atoms with Gasteiger partial charge in [-0.15, -0.1) is 0 Å². The van der Waals surface area contributed by atoms with E-state index < -0.39 is 0 Å². The van der Waals surface area contributed by atoms with Gasteiger partial charge in [-0.05, 0) is 57.7 Å². The molecule has 3 nitrogen and oxygen atoms in total. The van der Waals surface area contributed by atoms with Crippen LogP contribution in [0.15, 0.2) is 24.3 Å². The summed E-state index contributed by atoms with van der Waals surface area (Å²) in [6, 6.07) is 9.58. The number of hydrogen-bond donors (Lipinski definition) is 1. The summed E-state index contributed by atoms with van der Waals surface area (Å²) >= 11 is 0. The van der Waals surface area contributed by atoms with E-state index in [9.17, 15) is 4.79 Å². The van der Waals surface area contributed by atoms with Crippen LogP contribution < -0.4 is 5.32 Å². The molecule has 0 saturated carbocycles. The van der Waals surface area contributed by atoms with Gasteiger partial charge in [-0.2, -0.15) is 0 Å². The van der Waals surface area contributed by atoms with Gasteiger partial charge in [0, 0.05) is 23.7 Å². The molecular formula is C19H28N2O. The Balaban J connectivity index is 1.63. The Bertz CT molecular complexity index is 514. The maximum Gasteiger partial charge on any atom is 0.251 e. The fourth-order valence-electron chi connectivity index (χ4n) is 4.27. The predicted octanol–water partition coefficient (Wildman–Crippen LogP) is 3.52. The highest BCUT2D eigenvalue weighted by Crippen LogP contribution is 2.34. The number of piperidine rings is 2. The minimum atomic E-state index is 0.0933. The molecule has 22 heavy (non-hydrogen) atoms. The molecule has 2 atom stereocenters. The van der Waals surface area contributed by atoms with Crippen molar-refractivity contribution < 1.29 is 4.79 Å². The summed E-state index contributed by atoms with van der Waals surface area (Å²) in [5, 5.41) is 3.29. The molecule has 3 heteroatoms. The number of fused-ring (bicyclic) bond motifs is 2. The molecule has 1 aromatic carbocycles. The second-order valence-electron chi connectivity index (χ2n) is 6.99. The highest BCUT2D eigenvalue weighted by Gasteiger charge is 2.38. The number of nitrogens with zero attached hydrogens (tertiary/aromatic N) is 1. The first kappa shape index (κ1) is 15.5. The van der Waals surface area contributed by atoms with Crippen LogP contribution in [0.3, 0.4) is 0 Å². The fourth-order valence-corrected chi connectivity index (χ4v) is 4.27. The third-order valence-corrected chi connectivity index (χ3v) is 5.22. The molecule has 1 aromatic rings. The van der Waals surface area contributed by atoms with Crippen LogP contribution in [0.2, 0.25) is 0 Å². The molecule has 2 saturated heterocycles. The van der Waals surface area contributed by atoms with E-state index in [1.807, 2.05) is 31.2 Å². The highest BCUT2D eigenvalue weighted by atomic mass is 16.1. The minimum Gasteiger partial charge on any atom is -0.349 e. The van der Waals surface area contributed by atoms with Gasteiger partial charge in [0.25, 0.3) is 5.91 Å². The summed E-state index contributed by atoms with van der Waals surface area (Å²) in [4.78, 5) is 15.2. The molecule has 120 valence electrons. The van der Waals surface area contributed by atoms with Crippen molar-refractivity contribution in [1.82, 2.24) is 10.2 Å². The van der Waals surface area contributed by atoms with Crippen LogP contribution in [0.25, 0.3) is 0 Å². The number of hydrogen-bond acceptors (Lipinski definition) is 2. The molecule has 2 heterocycles. The van der Waals surface area contributed by atoms with Crippen LogP contribution in [0.1, 0.15) is 61.4 Å². The molecule has 2 aliphatic heterocycles. The first-order valence-electron chi connectivity index (χ1n) is 8.80. The van der Waals surface area contributed by atoms with Gasteiger partial charge in [0.15, 0.2) is 0 Å². The molecule has 2 unspecified atom stereocenters. The molecule has 2 fully saturated rings. The van der Waals surface area contributed by atoms with Crippen molar-refractivity contribution in [3.63, 3.8) is 0 Å². The van der Waals surface area contributed by atoms with Crippen molar-refractivity contribution >= 4 is 5.91 Å². The number of carbonyl (C=O) groups is 1. The predicted molar refractivity (Wildman–Crippen MR) is 90.1 cm³/mol. The molecular weight excluding hydrogens is 272 g/mol. The lowest BCUT2D eigenvalue weighted by molar-refractivity contribution is 0.0245. The van der Waals surface area contributed by atoms with E-state index in [2.05, 4.69) is 17.1 Å². The van der Waals surface area contributed by atoms with E-state index in [1.165, 1.54) is 32.2 Å². The Labute approximate surface area is 134 Å². The maximum absolute atomic E-state index is 12.5. The average Bonchev–Trinajstić information content (AvgIpc) is 2.48. The van der Waals surface area contributed by atoms with E-state index in [-0.39, 0.29) is 5.91 Å². The molecule has 1 N–H and O–H groups in total. The number of rotatable bonds is 4. The van der Waals surface area contributed by atoms with E-state index in [1.54, 1.807) is 0 Å². The smallest absolute Gasteiger partial charge is 0.251 e. The summed E-state index contributed by atoms with van der Waals surface area (Å²) in [5.74, 6) is 0.0933. The van der Waals surface area contributed by atoms with Gasteiger partial charge in [-0.25, -0.2) is 0 Å². The molecule has 0 aromatic heterocycles. The van der Waals surface area contributed by atoms with Crippen molar-refractivity contribution in [1.29, 1.82) is 0 Å². The molecule has 0 spiro atoms. The Kier molecular flexibility index (Phi) is 4.82. The lowest BCUT2D eigenvalue weighted by atomic mass is 9.81. The monoisotopic (exact) mass is 300 g/mol. The van der Waals surface area contributed by atoms with Crippen LogP contribution in [0.4, 0.5) is 0 Å². The molecule has 3 rings (SSSR count). The molecule has 0 aliphatic carbocycles. The summed E-state index contributed by atoms with van der Waals surface area (Å²) in [7, 11) is 0. The van der Waals surface area contributed by atoms with Crippen LogP contribution in [-0.4, -0.2) is 35.5 Å². The van der Waals surface area contributed by atoms with Crippen LogP contribution in [-0.2, 0) is 0 Å². The zero-order valence-electron chi connectivity index (χ0n) is 13.8. The lowest BCUT2D eigenvalue weighted by Gasteiger charge is -2.49. The number of benzene rings is 1. The Morgan fingerprint density at radius 1 is 1.27 bits per heavy atom. The number of aryl methyl sites for hydroxylation is 1. The summed E-state index contributed by atoms with van der Waals surface area (Å²) in [6.45, 7) is 5.51.